The lowest BCUT2D eigenvalue weighted by Gasteiger charge is -1.99. The highest BCUT2D eigenvalue weighted by molar-refractivity contribution is 5.75. The SMILES string of the molecule is Cc1noc(CCC(=O)NCc2nn[nH]n2)n1. The van der Waals surface area contributed by atoms with E-state index in [2.05, 4.69) is 36.1 Å². The number of H-pyrrole nitrogens is 1. The number of hydrogen-bond donors (Lipinski definition) is 2. The summed E-state index contributed by atoms with van der Waals surface area (Å²) in [4.78, 5) is 15.4. The number of tetrazole rings is 1. The van der Waals surface area contributed by atoms with Crippen LogP contribution in [0.15, 0.2) is 4.52 Å². The molecule has 2 aromatic heterocycles. The standard InChI is InChI=1S/C8H11N7O2/c1-5-10-8(17-13-5)3-2-7(16)9-4-6-11-14-15-12-6/h2-4H2,1H3,(H,9,16)(H,11,12,14,15). The van der Waals surface area contributed by atoms with Gasteiger partial charge in [-0.1, -0.05) is 10.4 Å². The minimum atomic E-state index is -0.134. The number of nitrogens with one attached hydrogen (secondary N) is 2. The summed E-state index contributed by atoms with van der Waals surface area (Å²) in [6.07, 6.45) is 0.693. The minimum Gasteiger partial charge on any atom is -0.349 e. The van der Waals surface area contributed by atoms with Gasteiger partial charge >= 0.3 is 0 Å². The van der Waals surface area contributed by atoms with Gasteiger partial charge in [0, 0.05) is 12.8 Å². The summed E-state index contributed by atoms with van der Waals surface area (Å²) in [5.74, 6) is 1.32. The van der Waals surface area contributed by atoms with Crippen LogP contribution in [-0.4, -0.2) is 36.7 Å². The normalized spacial score (nSPS) is 10.4. The summed E-state index contributed by atoms with van der Waals surface area (Å²) >= 11 is 0. The molecule has 0 unspecified atom stereocenters. The first-order valence-corrected chi connectivity index (χ1v) is 5.02. The molecule has 0 aliphatic rings. The monoisotopic (exact) mass is 237 g/mol. The molecule has 0 spiro atoms. The largest absolute Gasteiger partial charge is 0.349 e. The Morgan fingerprint density at radius 1 is 1.53 bits per heavy atom. The number of hydrogen-bond acceptors (Lipinski definition) is 7. The zero-order valence-electron chi connectivity index (χ0n) is 9.17. The molecule has 9 nitrogen and oxygen atoms in total. The fourth-order valence-corrected chi connectivity index (χ4v) is 1.19. The Morgan fingerprint density at radius 3 is 3.06 bits per heavy atom. The number of carbonyl (C=O) groups excluding carboxylic acids is 1. The van der Waals surface area contributed by atoms with Gasteiger partial charge in [-0.25, -0.2) is 0 Å². The first-order valence-electron chi connectivity index (χ1n) is 5.02. The van der Waals surface area contributed by atoms with Crippen LogP contribution < -0.4 is 5.32 Å². The molecule has 0 aliphatic heterocycles. The highest BCUT2D eigenvalue weighted by Crippen LogP contribution is 1.99. The van der Waals surface area contributed by atoms with Crippen molar-refractivity contribution in [2.75, 3.05) is 0 Å². The Hall–Kier alpha value is -2.32. The van der Waals surface area contributed by atoms with E-state index in [4.69, 9.17) is 4.52 Å². The highest BCUT2D eigenvalue weighted by Gasteiger charge is 2.07. The highest BCUT2D eigenvalue weighted by atomic mass is 16.5. The van der Waals surface area contributed by atoms with Gasteiger partial charge in [0.1, 0.15) is 0 Å². The van der Waals surface area contributed by atoms with Gasteiger partial charge in [0.05, 0.1) is 6.54 Å². The molecule has 0 aliphatic carbocycles. The molecule has 0 aromatic carbocycles. The molecule has 0 fully saturated rings. The van der Waals surface area contributed by atoms with Crippen molar-refractivity contribution in [1.82, 2.24) is 36.1 Å². The number of amides is 1. The molecule has 90 valence electrons. The lowest BCUT2D eigenvalue weighted by atomic mass is 10.3. The van der Waals surface area contributed by atoms with Crippen LogP contribution in [0.3, 0.4) is 0 Å². The van der Waals surface area contributed by atoms with Crippen molar-refractivity contribution in [2.45, 2.75) is 26.3 Å². The predicted octanol–water partition coefficient (Wildman–Crippen LogP) is -0.860. The number of rotatable bonds is 5. The molecule has 0 saturated carbocycles. The van der Waals surface area contributed by atoms with Gasteiger partial charge in [0.25, 0.3) is 0 Å². The molecule has 17 heavy (non-hydrogen) atoms. The van der Waals surface area contributed by atoms with E-state index < -0.39 is 0 Å². The Kier molecular flexibility index (Phi) is 3.38. The van der Waals surface area contributed by atoms with Gasteiger partial charge in [0.2, 0.25) is 11.8 Å². The third-order valence-electron chi connectivity index (χ3n) is 1.97. The first-order chi connectivity index (χ1) is 8.24. The molecule has 1 amide bonds. The Bertz CT molecular complexity index is 478. The molecule has 2 heterocycles. The number of aryl methyl sites for hydroxylation is 2. The maximum atomic E-state index is 11.4. The van der Waals surface area contributed by atoms with Crippen LogP contribution in [0.25, 0.3) is 0 Å². The third kappa shape index (κ3) is 3.33. The maximum absolute atomic E-state index is 11.4. The summed E-state index contributed by atoms with van der Waals surface area (Å²) in [7, 11) is 0. The van der Waals surface area contributed by atoms with Gasteiger partial charge in [-0.3, -0.25) is 4.79 Å². The van der Waals surface area contributed by atoms with Gasteiger partial charge < -0.3 is 9.84 Å². The van der Waals surface area contributed by atoms with Gasteiger partial charge in [-0.05, 0) is 6.92 Å². The van der Waals surface area contributed by atoms with Crippen molar-refractivity contribution >= 4 is 5.91 Å². The second kappa shape index (κ2) is 5.14. The number of aromatic amines is 1. The molecular formula is C8H11N7O2. The van der Waals surface area contributed by atoms with E-state index in [-0.39, 0.29) is 18.9 Å². The Morgan fingerprint density at radius 2 is 2.41 bits per heavy atom. The molecule has 0 atom stereocenters. The average molecular weight is 237 g/mol. The van der Waals surface area contributed by atoms with Crippen LogP contribution in [0.4, 0.5) is 0 Å². The molecule has 0 saturated heterocycles. The molecule has 9 heteroatoms. The molecular weight excluding hydrogens is 226 g/mol. The van der Waals surface area contributed by atoms with Crippen molar-refractivity contribution in [2.24, 2.45) is 0 Å². The van der Waals surface area contributed by atoms with Crippen molar-refractivity contribution < 1.29 is 9.32 Å². The van der Waals surface area contributed by atoms with Crippen molar-refractivity contribution in [3.8, 4) is 0 Å². The molecule has 0 bridgehead atoms. The topological polar surface area (TPSA) is 122 Å². The molecule has 0 radical (unpaired) electrons. The van der Waals surface area contributed by atoms with E-state index >= 15 is 0 Å². The second-order valence-electron chi connectivity index (χ2n) is 3.34. The van der Waals surface area contributed by atoms with Crippen LogP contribution in [0.2, 0.25) is 0 Å². The van der Waals surface area contributed by atoms with E-state index in [9.17, 15) is 4.79 Å². The summed E-state index contributed by atoms with van der Waals surface area (Å²) in [5, 5.41) is 19.4. The number of aromatic nitrogens is 6. The summed E-state index contributed by atoms with van der Waals surface area (Å²) in [6.45, 7) is 1.97. The van der Waals surface area contributed by atoms with E-state index in [0.717, 1.165) is 0 Å². The fraction of sp³-hybridized carbons (Fsp3) is 0.500. The molecule has 2 rings (SSSR count). The van der Waals surface area contributed by atoms with E-state index in [0.29, 0.717) is 24.0 Å². The van der Waals surface area contributed by atoms with Gasteiger partial charge in [0.15, 0.2) is 11.6 Å². The Labute approximate surface area is 96.0 Å². The van der Waals surface area contributed by atoms with Crippen molar-refractivity contribution in [1.29, 1.82) is 0 Å². The van der Waals surface area contributed by atoms with E-state index in [1.54, 1.807) is 6.92 Å². The second-order valence-corrected chi connectivity index (χ2v) is 3.34. The van der Waals surface area contributed by atoms with Gasteiger partial charge in [-0.2, -0.15) is 10.2 Å². The summed E-state index contributed by atoms with van der Waals surface area (Å²) < 4.78 is 4.88. The van der Waals surface area contributed by atoms with Crippen LogP contribution >= 0.6 is 0 Å². The van der Waals surface area contributed by atoms with Crippen LogP contribution in [0.5, 0.6) is 0 Å². The number of nitrogens with zero attached hydrogens (tertiary/aromatic N) is 5. The van der Waals surface area contributed by atoms with Crippen molar-refractivity contribution in [3.05, 3.63) is 17.5 Å². The lowest BCUT2D eigenvalue weighted by molar-refractivity contribution is -0.121. The Balaban J connectivity index is 1.71. The quantitative estimate of drug-likeness (QED) is 0.693. The predicted molar refractivity (Wildman–Crippen MR) is 53.4 cm³/mol. The fourth-order valence-electron chi connectivity index (χ4n) is 1.19. The zero-order valence-corrected chi connectivity index (χ0v) is 9.17. The van der Waals surface area contributed by atoms with Crippen molar-refractivity contribution in [3.63, 3.8) is 0 Å². The zero-order chi connectivity index (χ0) is 12.1. The molecule has 2 N–H and O–H groups in total. The average Bonchev–Trinajstić information content (AvgIpc) is 2.95. The maximum Gasteiger partial charge on any atom is 0.227 e. The van der Waals surface area contributed by atoms with E-state index in [1.807, 2.05) is 0 Å². The number of carbonyl (C=O) groups is 1. The van der Waals surface area contributed by atoms with Crippen LogP contribution in [0.1, 0.15) is 24.0 Å². The van der Waals surface area contributed by atoms with Crippen LogP contribution in [-0.2, 0) is 17.8 Å². The minimum absolute atomic E-state index is 0.134. The lowest BCUT2D eigenvalue weighted by Crippen LogP contribution is -2.23. The summed E-state index contributed by atoms with van der Waals surface area (Å²) in [6, 6.07) is 0. The van der Waals surface area contributed by atoms with Gasteiger partial charge in [-0.15, -0.1) is 10.2 Å². The first kappa shape index (κ1) is 11.2. The van der Waals surface area contributed by atoms with Crippen LogP contribution in [0, 0.1) is 6.92 Å². The smallest absolute Gasteiger partial charge is 0.227 e. The summed E-state index contributed by atoms with van der Waals surface area (Å²) in [5.41, 5.74) is 0. The molecule has 2 aromatic rings. The van der Waals surface area contributed by atoms with E-state index in [1.165, 1.54) is 0 Å². The third-order valence-corrected chi connectivity index (χ3v) is 1.97.